The summed E-state index contributed by atoms with van der Waals surface area (Å²) in [4.78, 5) is 51.5. The fraction of sp³-hybridized carbons (Fsp3) is 0.545. The van der Waals surface area contributed by atoms with Crippen molar-refractivity contribution in [3.05, 3.63) is 36.5 Å². The van der Waals surface area contributed by atoms with Gasteiger partial charge in [0.25, 0.3) is 17.7 Å². The number of nitrogens with zero attached hydrogens (tertiary/aromatic N) is 2. The van der Waals surface area contributed by atoms with Crippen LogP contribution in [0.4, 0.5) is 4.79 Å². The number of hydroxylamine groups is 2. The molecule has 0 aromatic rings. The maximum atomic E-state index is 11.8. The molecule has 0 radical (unpaired) electrons. The third-order valence-electron chi connectivity index (χ3n) is 4.21. The van der Waals surface area contributed by atoms with Crippen molar-refractivity contribution in [1.82, 2.24) is 20.6 Å². The van der Waals surface area contributed by atoms with Gasteiger partial charge in [-0.15, -0.1) is 5.06 Å². The lowest BCUT2D eigenvalue weighted by Gasteiger charge is -2.18. The van der Waals surface area contributed by atoms with Gasteiger partial charge in [0.1, 0.15) is 0 Å². The molecule has 0 aromatic carbocycles. The van der Waals surface area contributed by atoms with Gasteiger partial charge in [-0.25, -0.2) is 4.79 Å². The summed E-state index contributed by atoms with van der Waals surface area (Å²) in [6.45, 7) is 15.6. The van der Waals surface area contributed by atoms with Gasteiger partial charge in [0.15, 0.2) is 0 Å². The zero-order valence-corrected chi connectivity index (χ0v) is 19.1. The molecule has 0 saturated carbocycles. The van der Waals surface area contributed by atoms with Gasteiger partial charge in [-0.05, 0) is 26.4 Å². The summed E-state index contributed by atoms with van der Waals surface area (Å²) in [5.41, 5.74) is 0.641. The van der Waals surface area contributed by atoms with Crippen LogP contribution in [0.5, 0.6) is 0 Å². The molecule has 0 bridgehead atoms. The van der Waals surface area contributed by atoms with Crippen LogP contribution in [-0.2, 0) is 19.2 Å². The molecule has 1 fully saturated rings. The van der Waals surface area contributed by atoms with E-state index in [0.29, 0.717) is 23.7 Å². The Morgan fingerprint density at radius 1 is 1.10 bits per heavy atom. The van der Waals surface area contributed by atoms with E-state index in [4.69, 9.17) is 0 Å². The van der Waals surface area contributed by atoms with Crippen molar-refractivity contribution in [2.45, 2.75) is 47.0 Å². The summed E-state index contributed by atoms with van der Waals surface area (Å²) >= 11 is 0. The highest BCUT2D eigenvalue weighted by atomic mass is 16.7. The molecule has 0 unspecified atom stereocenters. The van der Waals surface area contributed by atoms with E-state index in [-0.39, 0.29) is 18.7 Å². The highest BCUT2D eigenvalue weighted by Crippen LogP contribution is 2.11. The second-order valence-corrected chi connectivity index (χ2v) is 6.53. The van der Waals surface area contributed by atoms with E-state index in [1.54, 1.807) is 18.2 Å². The normalized spacial score (nSPS) is 13.8. The van der Waals surface area contributed by atoms with E-state index in [1.807, 2.05) is 19.9 Å². The lowest BCUT2D eigenvalue weighted by atomic mass is 10.2. The lowest BCUT2D eigenvalue weighted by Crippen LogP contribution is -2.37. The van der Waals surface area contributed by atoms with Gasteiger partial charge in [0, 0.05) is 38.0 Å². The van der Waals surface area contributed by atoms with E-state index in [1.165, 1.54) is 0 Å². The highest BCUT2D eigenvalue weighted by molar-refractivity contribution is 6.01. The zero-order chi connectivity index (χ0) is 23.6. The molecule has 9 nitrogen and oxygen atoms in total. The minimum atomic E-state index is -0.768. The third kappa shape index (κ3) is 11.7. The van der Waals surface area contributed by atoms with E-state index in [2.05, 4.69) is 40.8 Å². The van der Waals surface area contributed by atoms with Gasteiger partial charge >= 0.3 is 6.09 Å². The third-order valence-corrected chi connectivity index (χ3v) is 4.21. The number of allylic oxidation sites excluding steroid dienone is 3. The van der Waals surface area contributed by atoms with Crippen LogP contribution >= 0.6 is 0 Å². The molecule has 0 atom stereocenters. The predicted molar refractivity (Wildman–Crippen MR) is 120 cm³/mol. The molecule has 1 aliphatic heterocycles. The molecule has 1 heterocycles. The number of carbonyl (C=O) groups excluding carboxylic acids is 4. The van der Waals surface area contributed by atoms with E-state index >= 15 is 0 Å². The van der Waals surface area contributed by atoms with Gasteiger partial charge < -0.3 is 20.4 Å². The van der Waals surface area contributed by atoms with Crippen LogP contribution in [0.3, 0.4) is 0 Å². The smallest absolute Gasteiger partial charge is 0.351 e. The Morgan fingerprint density at radius 3 is 2.19 bits per heavy atom. The summed E-state index contributed by atoms with van der Waals surface area (Å²) < 4.78 is 0. The number of carbonyl (C=O) groups is 4. The van der Waals surface area contributed by atoms with Gasteiger partial charge in [0.05, 0.1) is 0 Å². The van der Waals surface area contributed by atoms with Gasteiger partial charge in [-0.2, -0.15) is 0 Å². The molecule has 1 saturated heterocycles. The summed E-state index contributed by atoms with van der Waals surface area (Å²) in [6, 6.07) is 0. The fourth-order valence-corrected chi connectivity index (χ4v) is 2.48. The molecule has 174 valence electrons. The van der Waals surface area contributed by atoms with Gasteiger partial charge in [-0.1, -0.05) is 51.7 Å². The lowest BCUT2D eigenvalue weighted by molar-refractivity contribution is -0.171. The summed E-state index contributed by atoms with van der Waals surface area (Å²) in [6.07, 6.45) is 7.19. The topological polar surface area (TPSA) is 108 Å². The Bertz CT molecular complexity index is 653. The van der Waals surface area contributed by atoms with Crippen molar-refractivity contribution in [3.8, 4) is 0 Å². The van der Waals surface area contributed by atoms with E-state index in [9.17, 15) is 19.2 Å². The molecule has 2 N–H and O–H groups in total. The fourth-order valence-electron chi connectivity index (χ4n) is 2.48. The maximum Gasteiger partial charge on any atom is 0.432 e. The van der Waals surface area contributed by atoms with Gasteiger partial charge in [0.2, 0.25) is 0 Å². The van der Waals surface area contributed by atoms with Crippen LogP contribution in [0.15, 0.2) is 36.5 Å². The zero-order valence-electron chi connectivity index (χ0n) is 19.1. The van der Waals surface area contributed by atoms with Crippen molar-refractivity contribution < 1.29 is 24.0 Å². The largest absolute Gasteiger partial charge is 0.432 e. The molecule has 0 spiro atoms. The van der Waals surface area contributed by atoms with Crippen molar-refractivity contribution >= 4 is 23.8 Å². The predicted octanol–water partition coefficient (Wildman–Crippen LogP) is 2.32. The Hall–Kier alpha value is -2.94. The Balaban J connectivity index is 0.000000590. The average Bonchev–Trinajstić information content (AvgIpc) is 3.07. The molecule has 1 aliphatic rings. The monoisotopic (exact) mass is 436 g/mol. The van der Waals surface area contributed by atoms with Crippen molar-refractivity contribution in [3.63, 3.8) is 0 Å². The number of hydrogen-bond donors (Lipinski definition) is 2. The second kappa shape index (κ2) is 16.8. The number of nitrogens with one attached hydrogen (secondary N) is 2. The number of likely N-dealkylation sites (N-methyl/N-ethyl adjacent to an activating group) is 1. The Morgan fingerprint density at radius 2 is 1.71 bits per heavy atom. The standard InChI is InChI=1S/C14H24N2O.C8H12N2O4/c1-5-9-13(10-6-2)14(17)15-11-12-16(7-3)8-4;1-2-5-9-8(13)14-10-6(11)3-4-7(10)12/h5-6,9-10H,1,7-8,11-12H2,2-4H3,(H,15,17);2-5H2,1H3,(H,9,13)/b10-6-,13-9+;. The molecular weight excluding hydrogens is 400 g/mol. The quantitative estimate of drug-likeness (QED) is 0.292. The Labute approximate surface area is 185 Å². The van der Waals surface area contributed by atoms with Crippen molar-refractivity contribution in [2.75, 3.05) is 32.7 Å². The van der Waals surface area contributed by atoms with Crippen LogP contribution in [0.1, 0.15) is 47.0 Å². The molecular formula is C22H36N4O5. The van der Waals surface area contributed by atoms with Crippen molar-refractivity contribution in [2.24, 2.45) is 0 Å². The molecule has 9 heteroatoms. The van der Waals surface area contributed by atoms with Crippen LogP contribution in [0.25, 0.3) is 0 Å². The first-order chi connectivity index (χ1) is 14.8. The summed E-state index contributed by atoms with van der Waals surface area (Å²) in [7, 11) is 0. The Kier molecular flexibility index (Phi) is 15.2. The van der Waals surface area contributed by atoms with Crippen LogP contribution < -0.4 is 10.6 Å². The van der Waals surface area contributed by atoms with E-state index < -0.39 is 17.9 Å². The first-order valence-electron chi connectivity index (χ1n) is 10.6. The second-order valence-electron chi connectivity index (χ2n) is 6.53. The highest BCUT2D eigenvalue weighted by Gasteiger charge is 2.32. The first kappa shape index (κ1) is 28.1. The number of amides is 4. The van der Waals surface area contributed by atoms with E-state index in [0.717, 1.165) is 26.1 Å². The summed E-state index contributed by atoms with van der Waals surface area (Å²) in [5, 5.41) is 5.82. The summed E-state index contributed by atoms with van der Waals surface area (Å²) in [5.74, 6) is -0.988. The minimum absolute atomic E-state index is 0.0462. The van der Waals surface area contributed by atoms with Gasteiger partial charge in [-0.3, -0.25) is 14.4 Å². The molecule has 1 rings (SSSR count). The molecule has 0 aliphatic carbocycles. The molecule has 0 aromatic heterocycles. The minimum Gasteiger partial charge on any atom is -0.351 e. The molecule has 4 amide bonds. The maximum absolute atomic E-state index is 11.8. The molecule has 31 heavy (non-hydrogen) atoms. The van der Waals surface area contributed by atoms with Crippen LogP contribution in [-0.4, -0.2) is 66.5 Å². The number of hydrogen-bond acceptors (Lipinski definition) is 6. The SMILES string of the molecule is C=C/C=C(\C=C/C)C(=O)NCCN(CC)CC.CCCNC(=O)ON1C(=O)CCC1=O. The number of imide groups is 1. The van der Waals surface area contributed by atoms with Crippen LogP contribution in [0, 0.1) is 0 Å². The number of rotatable bonds is 11. The van der Waals surface area contributed by atoms with Crippen LogP contribution in [0.2, 0.25) is 0 Å². The van der Waals surface area contributed by atoms with Crippen molar-refractivity contribution in [1.29, 1.82) is 0 Å². The average molecular weight is 437 g/mol. The first-order valence-corrected chi connectivity index (χ1v) is 10.6.